The Kier molecular flexibility index (Phi) is 3.70. The molecule has 1 aromatic heterocycles. The molecule has 0 saturated carbocycles. The summed E-state index contributed by atoms with van der Waals surface area (Å²) in [6.45, 7) is 2.12. The Labute approximate surface area is 99.3 Å². The van der Waals surface area contributed by atoms with Crippen LogP contribution in [0.25, 0.3) is 0 Å². The topological polar surface area (TPSA) is 33.4 Å². The van der Waals surface area contributed by atoms with E-state index in [9.17, 15) is 5.11 Å². The fourth-order valence-electron chi connectivity index (χ4n) is 1.54. The lowest BCUT2D eigenvalue weighted by Gasteiger charge is -2.09. The maximum Gasteiger partial charge on any atom is 0.107 e. The quantitative estimate of drug-likeness (QED) is 0.822. The maximum atomic E-state index is 10.0. The molecule has 0 unspecified atom stereocenters. The highest BCUT2D eigenvalue weighted by Crippen LogP contribution is 2.25. The van der Waals surface area contributed by atoms with Crippen LogP contribution in [-0.4, -0.2) is 10.9 Å². The van der Waals surface area contributed by atoms with Gasteiger partial charge in [0.1, 0.15) is 6.10 Å². The van der Waals surface area contributed by atoms with Crippen LogP contribution in [0.1, 0.15) is 24.2 Å². The minimum absolute atomic E-state index is 0.598. The second kappa shape index (κ2) is 5.23. The summed E-state index contributed by atoms with van der Waals surface area (Å²) in [4.78, 5) is 1.23. The Balaban J connectivity index is 2.15. The van der Waals surface area contributed by atoms with Gasteiger partial charge in [-0.2, -0.15) is 0 Å². The number of aliphatic hydroxyl groups is 1. The van der Waals surface area contributed by atoms with E-state index in [4.69, 9.17) is 4.42 Å². The van der Waals surface area contributed by atoms with Gasteiger partial charge in [-0.05, 0) is 29.5 Å². The summed E-state index contributed by atoms with van der Waals surface area (Å²) in [5.41, 5.74) is 1.68. The Morgan fingerprint density at radius 2 is 1.94 bits per heavy atom. The van der Waals surface area contributed by atoms with Gasteiger partial charge in [0.05, 0.1) is 12.5 Å². The van der Waals surface area contributed by atoms with Crippen molar-refractivity contribution >= 4 is 11.8 Å². The monoisotopic (exact) mass is 234 g/mol. The molecule has 16 heavy (non-hydrogen) atoms. The molecule has 1 N–H and O–H groups in total. The fraction of sp³-hybridized carbons (Fsp3) is 0.231. The molecule has 2 nitrogen and oxygen atoms in total. The van der Waals surface area contributed by atoms with Gasteiger partial charge in [-0.1, -0.05) is 19.1 Å². The van der Waals surface area contributed by atoms with Crippen molar-refractivity contribution in [3.8, 4) is 0 Å². The zero-order valence-electron chi connectivity index (χ0n) is 9.09. The van der Waals surface area contributed by atoms with Crippen molar-refractivity contribution in [1.82, 2.24) is 0 Å². The molecule has 2 aromatic rings. The minimum Gasteiger partial charge on any atom is -0.472 e. The first kappa shape index (κ1) is 11.3. The molecule has 0 aliphatic carbocycles. The molecule has 0 bridgehead atoms. The molecule has 1 atom stereocenters. The molecule has 0 aliphatic rings. The number of aliphatic hydroxyl groups excluding tert-OH is 1. The average Bonchev–Trinajstić information content (AvgIpc) is 2.83. The van der Waals surface area contributed by atoms with Gasteiger partial charge in [0.2, 0.25) is 0 Å². The highest BCUT2D eigenvalue weighted by atomic mass is 32.2. The molecule has 1 heterocycles. The fourth-order valence-corrected chi connectivity index (χ4v) is 2.20. The van der Waals surface area contributed by atoms with Crippen molar-refractivity contribution in [2.45, 2.75) is 17.9 Å². The molecule has 2 rings (SSSR count). The van der Waals surface area contributed by atoms with Gasteiger partial charge in [0, 0.05) is 10.5 Å². The third-order valence-electron chi connectivity index (χ3n) is 2.37. The summed E-state index contributed by atoms with van der Waals surface area (Å²) in [5.74, 6) is 1.06. The molecule has 1 aromatic carbocycles. The van der Waals surface area contributed by atoms with Crippen molar-refractivity contribution in [2.24, 2.45) is 0 Å². The number of furan rings is 1. The number of hydrogen-bond donors (Lipinski definition) is 1. The molecular weight excluding hydrogens is 220 g/mol. The van der Waals surface area contributed by atoms with Crippen LogP contribution in [0.15, 0.2) is 52.2 Å². The van der Waals surface area contributed by atoms with E-state index in [-0.39, 0.29) is 0 Å². The van der Waals surface area contributed by atoms with Crippen molar-refractivity contribution in [2.75, 3.05) is 5.75 Å². The van der Waals surface area contributed by atoms with Gasteiger partial charge in [-0.25, -0.2) is 0 Å². The molecule has 0 radical (unpaired) electrons. The van der Waals surface area contributed by atoms with Crippen LogP contribution in [-0.2, 0) is 0 Å². The van der Waals surface area contributed by atoms with Crippen LogP contribution in [0.3, 0.4) is 0 Å². The van der Waals surface area contributed by atoms with E-state index in [1.807, 2.05) is 24.3 Å². The lowest BCUT2D eigenvalue weighted by Crippen LogP contribution is -1.97. The van der Waals surface area contributed by atoms with Crippen LogP contribution < -0.4 is 0 Å². The number of hydrogen-bond acceptors (Lipinski definition) is 3. The lowest BCUT2D eigenvalue weighted by molar-refractivity contribution is 0.219. The molecule has 0 saturated heterocycles. The second-order valence-electron chi connectivity index (χ2n) is 3.46. The predicted molar refractivity (Wildman–Crippen MR) is 65.6 cm³/mol. The molecule has 0 fully saturated rings. The zero-order chi connectivity index (χ0) is 11.4. The normalized spacial score (nSPS) is 12.6. The minimum atomic E-state index is -0.598. The maximum absolute atomic E-state index is 10.0. The summed E-state index contributed by atoms with van der Waals surface area (Å²) in [6.07, 6.45) is 2.54. The molecular formula is C13H14O2S. The lowest BCUT2D eigenvalue weighted by atomic mass is 10.0. The van der Waals surface area contributed by atoms with Crippen LogP contribution in [0.4, 0.5) is 0 Å². The van der Waals surface area contributed by atoms with Crippen molar-refractivity contribution in [3.63, 3.8) is 0 Å². The largest absolute Gasteiger partial charge is 0.472 e. The zero-order valence-corrected chi connectivity index (χ0v) is 9.91. The Hall–Kier alpha value is -1.19. The standard InChI is InChI=1S/C13H14O2S/c1-2-16-12-5-3-10(4-6-12)13(14)11-7-8-15-9-11/h3-9,13-14H,2H2,1H3/t13-/m0/s1. The van der Waals surface area contributed by atoms with E-state index >= 15 is 0 Å². The second-order valence-corrected chi connectivity index (χ2v) is 4.80. The number of benzene rings is 1. The first-order chi connectivity index (χ1) is 7.81. The van der Waals surface area contributed by atoms with E-state index in [0.717, 1.165) is 16.9 Å². The average molecular weight is 234 g/mol. The van der Waals surface area contributed by atoms with Crippen LogP contribution in [0, 0.1) is 0 Å². The van der Waals surface area contributed by atoms with Crippen molar-refractivity contribution in [3.05, 3.63) is 54.0 Å². The van der Waals surface area contributed by atoms with E-state index in [0.29, 0.717) is 0 Å². The Morgan fingerprint density at radius 3 is 2.50 bits per heavy atom. The Morgan fingerprint density at radius 1 is 1.19 bits per heavy atom. The first-order valence-corrected chi connectivity index (χ1v) is 6.22. The van der Waals surface area contributed by atoms with Crippen LogP contribution in [0.2, 0.25) is 0 Å². The van der Waals surface area contributed by atoms with Crippen LogP contribution in [0.5, 0.6) is 0 Å². The Bertz CT molecular complexity index is 420. The third-order valence-corrected chi connectivity index (χ3v) is 3.26. The van der Waals surface area contributed by atoms with Gasteiger partial charge in [-0.3, -0.25) is 0 Å². The van der Waals surface area contributed by atoms with E-state index in [1.165, 1.54) is 4.90 Å². The molecule has 84 valence electrons. The summed E-state index contributed by atoms with van der Waals surface area (Å²) >= 11 is 1.79. The molecule has 0 spiro atoms. The van der Waals surface area contributed by atoms with Crippen molar-refractivity contribution in [1.29, 1.82) is 0 Å². The molecule has 0 amide bonds. The van der Waals surface area contributed by atoms with Gasteiger partial charge in [-0.15, -0.1) is 11.8 Å². The van der Waals surface area contributed by atoms with Gasteiger partial charge in [0.15, 0.2) is 0 Å². The van der Waals surface area contributed by atoms with Gasteiger partial charge < -0.3 is 9.52 Å². The van der Waals surface area contributed by atoms with Crippen molar-refractivity contribution < 1.29 is 9.52 Å². The molecule has 3 heteroatoms. The van der Waals surface area contributed by atoms with Gasteiger partial charge >= 0.3 is 0 Å². The number of thioether (sulfide) groups is 1. The highest BCUT2D eigenvalue weighted by molar-refractivity contribution is 7.99. The SMILES string of the molecule is CCSc1ccc([C@H](O)c2ccoc2)cc1. The van der Waals surface area contributed by atoms with Crippen LogP contribution >= 0.6 is 11.8 Å². The number of rotatable bonds is 4. The summed E-state index contributed by atoms with van der Waals surface area (Å²) < 4.78 is 4.96. The summed E-state index contributed by atoms with van der Waals surface area (Å²) in [7, 11) is 0. The summed E-state index contributed by atoms with van der Waals surface area (Å²) in [5, 5.41) is 10.0. The molecule has 0 aliphatic heterocycles. The van der Waals surface area contributed by atoms with E-state index < -0.39 is 6.10 Å². The third kappa shape index (κ3) is 2.49. The highest BCUT2D eigenvalue weighted by Gasteiger charge is 2.10. The summed E-state index contributed by atoms with van der Waals surface area (Å²) in [6, 6.07) is 9.75. The van der Waals surface area contributed by atoms with E-state index in [2.05, 4.69) is 6.92 Å². The first-order valence-electron chi connectivity index (χ1n) is 5.24. The predicted octanol–water partition coefficient (Wildman–Crippen LogP) is 3.47. The van der Waals surface area contributed by atoms with Gasteiger partial charge in [0.25, 0.3) is 0 Å². The smallest absolute Gasteiger partial charge is 0.107 e. The van der Waals surface area contributed by atoms with E-state index in [1.54, 1.807) is 30.4 Å².